The van der Waals surface area contributed by atoms with E-state index < -0.39 is 0 Å². The van der Waals surface area contributed by atoms with E-state index in [2.05, 4.69) is 10.2 Å². The van der Waals surface area contributed by atoms with Gasteiger partial charge in [-0.2, -0.15) is 0 Å². The maximum Gasteiger partial charge on any atom is 0.170 e. The number of aromatic nitrogens is 3. The van der Waals surface area contributed by atoms with Crippen LogP contribution in [0.25, 0.3) is 0 Å². The summed E-state index contributed by atoms with van der Waals surface area (Å²) >= 11 is 6.04. The zero-order valence-corrected chi connectivity index (χ0v) is 11.0. The fourth-order valence-electron chi connectivity index (χ4n) is 1.48. The van der Waals surface area contributed by atoms with Crippen LogP contribution in [0, 0.1) is 6.92 Å². The second-order valence-electron chi connectivity index (χ2n) is 3.93. The molecule has 18 heavy (non-hydrogen) atoms. The number of aliphatic hydroxyl groups excluding tert-OH is 1. The van der Waals surface area contributed by atoms with Crippen molar-refractivity contribution in [2.75, 3.05) is 0 Å². The van der Waals surface area contributed by atoms with E-state index >= 15 is 0 Å². The first-order chi connectivity index (χ1) is 8.61. The summed E-state index contributed by atoms with van der Waals surface area (Å²) in [6.45, 7) is 2.14. The molecule has 0 saturated carbocycles. The predicted molar refractivity (Wildman–Crippen MR) is 67.4 cm³/mol. The van der Waals surface area contributed by atoms with E-state index in [1.165, 1.54) is 0 Å². The summed E-state index contributed by atoms with van der Waals surface area (Å²) < 4.78 is 7.44. The van der Waals surface area contributed by atoms with Crippen LogP contribution in [-0.2, 0) is 20.3 Å². The molecule has 0 aliphatic heterocycles. The van der Waals surface area contributed by atoms with Crippen molar-refractivity contribution in [1.82, 2.24) is 14.8 Å². The molecule has 1 N–H and O–H groups in total. The van der Waals surface area contributed by atoms with Crippen molar-refractivity contribution in [2.45, 2.75) is 20.1 Å². The number of ether oxygens (including phenoxy) is 1. The summed E-state index contributed by atoms with van der Waals surface area (Å²) in [5.41, 5.74) is 0.752. The topological polar surface area (TPSA) is 60.2 Å². The summed E-state index contributed by atoms with van der Waals surface area (Å²) in [6, 6.07) is 5.18. The van der Waals surface area contributed by atoms with Crippen LogP contribution < -0.4 is 4.74 Å². The summed E-state index contributed by atoms with van der Waals surface area (Å²) in [4.78, 5) is 0. The van der Waals surface area contributed by atoms with Gasteiger partial charge in [-0.15, -0.1) is 10.2 Å². The van der Waals surface area contributed by atoms with Gasteiger partial charge in [0.05, 0.1) is 11.6 Å². The fourth-order valence-corrected chi connectivity index (χ4v) is 1.74. The highest BCUT2D eigenvalue weighted by molar-refractivity contribution is 6.32. The average Bonchev–Trinajstić information content (AvgIpc) is 2.68. The maximum absolute atomic E-state index is 8.98. The number of benzene rings is 1. The van der Waals surface area contributed by atoms with Crippen molar-refractivity contribution in [2.24, 2.45) is 7.05 Å². The molecule has 0 radical (unpaired) electrons. The first kappa shape index (κ1) is 12.9. The summed E-state index contributed by atoms with van der Waals surface area (Å²) in [5.74, 6) is 2.12. The van der Waals surface area contributed by atoms with Crippen LogP contribution in [0.15, 0.2) is 18.2 Å². The Balaban J connectivity index is 2.08. The van der Waals surface area contributed by atoms with Crippen LogP contribution in [0.3, 0.4) is 0 Å². The fraction of sp³-hybridized carbons (Fsp3) is 0.333. The standard InChI is InChI=1S/C12H14ClN3O2/c1-8-14-15-12(16(8)2)7-18-11-4-3-9(6-17)5-10(11)13/h3-5,17H,6-7H2,1-2H3. The quantitative estimate of drug-likeness (QED) is 0.918. The number of aryl methyl sites for hydroxylation is 1. The van der Waals surface area contributed by atoms with Crippen LogP contribution in [0.5, 0.6) is 5.75 Å². The number of aliphatic hydroxyl groups is 1. The molecule has 6 heteroatoms. The van der Waals surface area contributed by atoms with Gasteiger partial charge in [0, 0.05) is 7.05 Å². The van der Waals surface area contributed by atoms with Crippen LogP contribution in [-0.4, -0.2) is 19.9 Å². The zero-order valence-electron chi connectivity index (χ0n) is 10.2. The Hall–Kier alpha value is -1.59. The zero-order chi connectivity index (χ0) is 13.1. The third-order valence-corrected chi connectivity index (χ3v) is 3.01. The summed E-state index contributed by atoms with van der Waals surface area (Å²) in [7, 11) is 1.88. The summed E-state index contributed by atoms with van der Waals surface area (Å²) in [6.07, 6.45) is 0. The summed E-state index contributed by atoms with van der Waals surface area (Å²) in [5, 5.41) is 17.4. The van der Waals surface area contributed by atoms with Gasteiger partial charge in [-0.3, -0.25) is 0 Å². The average molecular weight is 268 g/mol. The second kappa shape index (κ2) is 5.37. The lowest BCUT2D eigenvalue weighted by Crippen LogP contribution is -2.04. The van der Waals surface area contributed by atoms with Crippen LogP contribution in [0.4, 0.5) is 0 Å². The van der Waals surface area contributed by atoms with Crippen LogP contribution in [0.1, 0.15) is 17.2 Å². The van der Waals surface area contributed by atoms with Gasteiger partial charge in [-0.25, -0.2) is 0 Å². The third kappa shape index (κ3) is 2.63. The van der Waals surface area contributed by atoms with E-state index in [0.717, 1.165) is 17.2 Å². The molecule has 1 aromatic heterocycles. The lowest BCUT2D eigenvalue weighted by Gasteiger charge is -2.08. The molecule has 0 bridgehead atoms. The molecule has 1 heterocycles. The normalized spacial score (nSPS) is 10.7. The van der Waals surface area contributed by atoms with Crippen molar-refractivity contribution < 1.29 is 9.84 Å². The Labute approximate surface area is 110 Å². The van der Waals surface area contributed by atoms with Gasteiger partial charge in [0.15, 0.2) is 5.82 Å². The Morgan fingerprint density at radius 2 is 2.17 bits per heavy atom. The molecule has 0 fully saturated rings. The third-order valence-electron chi connectivity index (χ3n) is 2.72. The second-order valence-corrected chi connectivity index (χ2v) is 4.34. The lowest BCUT2D eigenvalue weighted by atomic mass is 10.2. The van der Waals surface area contributed by atoms with E-state index in [-0.39, 0.29) is 6.61 Å². The first-order valence-electron chi connectivity index (χ1n) is 5.48. The highest BCUT2D eigenvalue weighted by Gasteiger charge is 2.08. The molecule has 0 spiro atoms. The van der Waals surface area contributed by atoms with Gasteiger partial charge >= 0.3 is 0 Å². The molecule has 2 aromatic rings. The molecule has 2 rings (SSSR count). The SMILES string of the molecule is Cc1nnc(COc2ccc(CO)cc2Cl)n1C. The number of hydrogen-bond donors (Lipinski definition) is 1. The number of hydrogen-bond acceptors (Lipinski definition) is 4. The Bertz CT molecular complexity index is 554. The predicted octanol–water partition coefficient (Wildman–Crippen LogP) is 1.85. The van der Waals surface area contributed by atoms with Gasteiger partial charge in [-0.05, 0) is 24.6 Å². The Kier molecular flexibility index (Phi) is 3.84. The number of rotatable bonds is 4. The molecule has 5 nitrogen and oxygen atoms in total. The molecular formula is C12H14ClN3O2. The largest absolute Gasteiger partial charge is 0.484 e. The monoisotopic (exact) mass is 267 g/mol. The Morgan fingerprint density at radius 3 is 2.72 bits per heavy atom. The molecule has 0 aliphatic rings. The minimum absolute atomic E-state index is 0.0392. The maximum atomic E-state index is 8.98. The van der Waals surface area contributed by atoms with Crippen molar-refractivity contribution in [3.63, 3.8) is 0 Å². The molecule has 0 amide bonds. The van der Waals surface area contributed by atoms with Gasteiger partial charge in [0.1, 0.15) is 18.2 Å². The minimum Gasteiger partial charge on any atom is -0.484 e. The van der Waals surface area contributed by atoms with Crippen molar-refractivity contribution in [3.05, 3.63) is 40.4 Å². The molecule has 1 aromatic carbocycles. The van der Waals surface area contributed by atoms with Crippen molar-refractivity contribution in [1.29, 1.82) is 0 Å². The van der Waals surface area contributed by atoms with Gasteiger partial charge in [0.2, 0.25) is 0 Å². The first-order valence-corrected chi connectivity index (χ1v) is 5.86. The molecular weight excluding hydrogens is 254 g/mol. The Morgan fingerprint density at radius 1 is 1.39 bits per heavy atom. The number of halogens is 1. The lowest BCUT2D eigenvalue weighted by molar-refractivity contribution is 0.279. The molecule has 0 atom stereocenters. The van der Waals surface area contributed by atoms with Crippen molar-refractivity contribution >= 4 is 11.6 Å². The molecule has 96 valence electrons. The van der Waals surface area contributed by atoms with Crippen LogP contribution >= 0.6 is 11.6 Å². The highest BCUT2D eigenvalue weighted by atomic mass is 35.5. The van der Waals surface area contributed by atoms with Gasteiger partial charge in [0.25, 0.3) is 0 Å². The van der Waals surface area contributed by atoms with Gasteiger partial charge < -0.3 is 14.4 Å². The van der Waals surface area contributed by atoms with Gasteiger partial charge in [-0.1, -0.05) is 17.7 Å². The molecule has 0 aliphatic carbocycles. The van der Waals surface area contributed by atoms with Crippen LogP contribution in [0.2, 0.25) is 5.02 Å². The highest BCUT2D eigenvalue weighted by Crippen LogP contribution is 2.26. The van der Waals surface area contributed by atoms with E-state index in [1.54, 1.807) is 18.2 Å². The smallest absolute Gasteiger partial charge is 0.170 e. The van der Waals surface area contributed by atoms with E-state index in [0.29, 0.717) is 17.4 Å². The minimum atomic E-state index is -0.0392. The molecule has 0 unspecified atom stereocenters. The van der Waals surface area contributed by atoms with E-state index in [4.69, 9.17) is 21.4 Å². The number of nitrogens with zero attached hydrogens (tertiary/aromatic N) is 3. The van der Waals surface area contributed by atoms with E-state index in [9.17, 15) is 0 Å². The van der Waals surface area contributed by atoms with Crippen molar-refractivity contribution in [3.8, 4) is 5.75 Å². The van der Waals surface area contributed by atoms with E-state index in [1.807, 2.05) is 18.5 Å². The molecule has 0 saturated heterocycles.